The van der Waals surface area contributed by atoms with Crippen LogP contribution in [-0.2, 0) is 0 Å². The number of aromatic nitrogens is 1. The van der Waals surface area contributed by atoms with Crippen LogP contribution in [0, 0.1) is 0 Å². The van der Waals surface area contributed by atoms with Gasteiger partial charge in [0.1, 0.15) is 0 Å². The van der Waals surface area contributed by atoms with Gasteiger partial charge in [0.05, 0.1) is 17.5 Å². The van der Waals surface area contributed by atoms with Crippen molar-refractivity contribution in [3.05, 3.63) is 30.1 Å². The third kappa shape index (κ3) is 2.26. The van der Waals surface area contributed by atoms with Crippen LogP contribution in [0.4, 0.5) is 0 Å². The second-order valence-electron chi connectivity index (χ2n) is 3.13. The zero-order valence-electron chi connectivity index (χ0n) is 8.10. The Labute approximate surface area is 88.0 Å². The molecular weight excluding hydrogens is 194 g/mol. The molecule has 2 rings (SSSR count). The fourth-order valence-electron chi connectivity index (χ4n) is 1.30. The van der Waals surface area contributed by atoms with Gasteiger partial charge in [0.15, 0.2) is 5.17 Å². The van der Waals surface area contributed by atoms with E-state index < -0.39 is 0 Å². The van der Waals surface area contributed by atoms with Crippen LogP contribution < -0.4 is 5.32 Å². The van der Waals surface area contributed by atoms with Crippen molar-refractivity contribution in [2.24, 2.45) is 4.99 Å². The van der Waals surface area contributed by atoms with Gasteiger partial charge in [-0.3, -0.25) is 9.98 Å². The Balaban J connectivity index is 1.99. The molecule has 0 spiro atoms. The highest BCUT2D eigenvalue weighted by molar-refractivity contribution is 8.14. The summed E-state index contributed by atoms with van der Waals surface area (Å²) in [6.45, 7) is 4.02. The number of thioether (sulfide) groups is 1. The number of nitrogens with one attached hydrogen (secondary N) is 1. The van der Waals surface area contributed by atoms with Crippen molar-refractivity contribution in [3.63, 3.8) is 0 Å². The quantitative estimate of drug-likeness (QED) is 0.804. The Bertz CT molecular complexity index is 323. The van der Waals surface area contributed by atoms with E-state index >= 15 is 0 Å². The van der Waals surface area contributed by atoms with E-state index in [1.165, 1.54) is 0 Å². The molecule has 1 atom stereocenters. The molecule has 14 heavy (non-hydrogen) atoms. The Morgan fingerprint density at radius 1 is 1.50 bits per heavy atom. The largest absolute Gasteiger partial charge is 0.363 e. The SMILES string of the molecule is CC(SC1=NCCN1)c1ccccn1. The van der Waals surface area contributed by atoms with Crippen LogP contribution in [0.2, 0.25) is 0 Å². The van der Waals surface area contributed by atoms with Gasteiger partial charge >= 0.3 is 0 Å². The highest BCUT2D eigenvalue weighted by atomic mass is 32.2. The lowest BCUT2D eigenvalue weighted by atomic mass is 10.3. The standard InChI is InChI=1S/C10H13N3S/c1-8(9-4-2-3-5-11-9)14-10-12-6-7-13-10/h2-5,8H,6-7H2,1H3,(H,12,13). The van der Waals surface area contributed by atoms with Gasteiger partial charge in [-0.05, 0) is 19.1 Å². The minimum Gasteiger partial charge on any atom is -0.363 e. The predicted octanol–water partition coefficient (Wildman–Crippen LogP) is 1.83. The molecule has 0 amide bonds. The molecule has 0 aliphatic carbocycles. The molecule has 1 aliphatic heterocycles. The molecule has 4 heteroatoms. The summed E-state index contributed by atoms with van der Waals surface area (Å²) >= 11 is 1.74. The minimum absolute atomic E-state index is 0.362. The van der Waals surface area contributed by atoms with Crippen LogP contribution in [-0.4, -0.2) is 23.2 Å². The summed E-state index contributed by atoms with van der Waals surface area (Å²) in [6.07, 6.45) is 1.83. The summed E-state index contributed by atoms with van der Waals surface area (Å²) in [5, 5.41) is 4.65. The van der Waals surface area contributed by atoms with Crippen LogP contribution in [0.5, 0.6) is 0 Å². The lowest BCUT2D eigenvalue weighted by Crippen LogP contribution is -2.16. The molecule has 0 saturated heterocycles. The summed E-state index contributed by atoms with van der Waals surface area (Å²) < 4.78 is 0. The van der Waals surface area contributed by atoms with Crippen LogP contribution in [0.3, 0.4) is 0 Å². The van der Waals surface area contributed by atoms with Gasteiger partial charge in [0, 0.05) is 12.7 Å². The molecule has 3 nitrogen and oxygen atoms in total. The number of rotatable bonds is 2. The van der Waals surface area contributed by atoms with Crippen molar-refractivity contribution in [1.29, 1.82) is 0 Å². The number of hydrogen-bond acceptors (Lipinski definition) is 4. The topological polar surface area (TPSA) is 37.3 Å². The summed E-state index contributed by atoms with van der Waals surface area (Å²) in [4.78, 5) is 8.66. The first-order valence-electron chi connectivity index (χ1n) is 4.72. The van der Waals surface area contributed by atoms with E-state index in [2.05, 4.69) is 22.2 Å². The van der Waals surface area contributed by atoms with E-state index in [0.29, 0.717) is 5.25 Å². The van der Waals surface area contributed by atoms with E-state index in [1.54, 1.807) is 11.8 Å². The van der Waals surface area contributed by atoms with Gasteiger partial charge in [-0.1, -0.05) is 17.8 Å². The normalized spacial score (nSPS) is 17.4. The second-order valence-corrected chi connectivity index (χ2v) is 4.46. The number of pyridine rings is 1. The summed E-state index contributed by atoms with van der Waals surface area (Å²) in [6, 6.07) is 6.00. The van der Waals surface area contributed by atoms with Crippen molar-refractivity contribution in [2.75, 3.05) is 13.1 Å². The smallest absolute Gasteiger partial charge is 0.157 e. The summed E-state index contributed by atoms with van der Waals surface area (Å²) in [7, 11) is 0. The van der Waals surface area contributed by atoms with E-state index in [1.807, 2.05) is 24.4 Å². The highest BCUT2D eigenvalue weighted by Gasteiger charge is 2.13. The molecule has 1 aliphatic rings. The highest BCUT2D eigenvalue weighted by Crippen LogP contribution is 2.27. The van der Waals surface area contributed by atoms with Crippen molar-refractivity contribution < 1.29 is 0 Å². The number of aliphatic imine (C=N–C) groups is 1. The van der Waals surface area contributed by atoms with Crippen LogP contribution >= 0.6 is 11.8 Å². The maximum absolute atomic E-state index is 4.34. The third-order valence-electron chi connectivity index (χ3n) is 2.04. The zero-order chi connectivity index (χ0) is 9.80. The fraction of sp³-hybridized carbons (Fsp3) is 0.400. The fourth-order valence-corrected chi connectivity index (χ4v) is 2.25. The van der Waals surface area contributed by atoms with Crippen molar-refractivity contribution >= 4 is 16.9 Å². The average molecular weight is 207 g/mol. The minimum atomic E-state index is 0.362. The average Bonchev–Trinajstić information content (AvgIpc) is 2.72. The Morgan fingerprint density at radius 2 is 2.43 bits per heavy atom. The predicted molar refractivity (Wildman–Crippen MR) is 60.5 cm³/mol. The molecule has 0 bridgehead atoms. The molecule has 1 unspecified atom stereocenters. The number of hydrogen-bond donors (Lipinski definition) is 1. The van der Waals surface area contributed by atoms with E-state index in [9.17, 15) is 0 Å². The van der Waals surface area contributed by atoms with Gasteiger partial charge in [0.25, 0.3) is 0 Å². The van der Waals surface area contributed by atoms with E-state index in [4.69, 9.17) is 0 Å². The first kappa shape index (κ1) is 9.52. The molecule has 1 aromatic rings. The van der Waals surface area contributed by atoms with Crippen molar-refractivity contribution in [2.45, 2.75) is 12.2 Å². The zero-order valence-corrected chi connectivity index (χ0v) is 8.92. The lowest BCUT2D eigenvalue weighted by molar-refractivity contribution is 0.962. The van der Waals surface area contributed by atoms with Crippen molar-refractivity contribution in [3.8, 4) is 0 Å². The summed E-state index contributed by atoms with van der Waals surface area (Å²) in [5.74, 6) is 0. The van der Waals surface area contributed by atoms with Gasteiger partial charge in [-0.2, -0.15) is 0 Å². The molecular formula is C10H13N3S. The van der Waals surface area contributed by atoms with E-state index in [-0.39, 0.29) is 0 Å². The molecule has 0 radical (unpaired) electrons. The Morgan fingerprint density at radius 3 is 3.07 bits per heavy atom. The van der Waals surface area contributed by atoms with Crippen LogP contribution in [0.1, 0.15) is 17.9 Å². The van der Waals surface area contributed by atoms with Crippen LogP contribution in [0.15, 0.2) is 29.4 Å². The monoisotopic (exact) mass is 207 g/mol. The maximum Gasteiger partial charge on any atom is 0.157 e. The van der Waals surface area contributed by atoms with Gasteiger partial charge < -0.3 is 5.32 Å². The first-order chi connectivity index (χ1) is 6.86. The van der Waals surface area contributed by atoms with Gasteiger partial charge in [-0.15, -0.1) is 0 Å². The molecule has 1 aromatic heterocycles. The molecule has 74 valence electrons. The molecule has 1 N–H and O–H groups in total. The number of amidine groups is 1. The maximum atomic E-state index is 4.34. The molecule has 2 heterocycles. The molecule has 0 aromatic carbocycles. The summed E-state index contributed by atoms with van der Waals surface area (Å²) in [5.41, 5.74) is 1.11. The Hall–Kier alpha value is -1.03. The second kappa shape index (κ2) is 4.46. The third-order valence-corrected chi connectivity index (χ3v) is 3.13. The van der Waals surface area contributed by atoms with Crippen LogP contribution in [0.25, 0.3) is 0 Å². The molecule has 0 fully saturated rings. The van der Waals surface area contributed by atoms with Gasteiger partial charge in [-0.25, -0.2) is 0 Å². The lowest BCUT2D eigenvalue weighted by Gasteiger charge is -2.09. The first-order valence-corrected chi connectivity index (χ1v) is 5.60. The number of nitrogens with zero attached hydrogens (tertiary/aromatic N) is 2. The van der Waals surface area contributed by atoms with E-state index in [0.717, 1.165) is 24.0 Å². The van der Waals surface area contributed by atoms with Gasteiger partial charge in [0.2, 0.25) is 0 Å². The molecule has 0 saturated carbocycles. The van der Waals surface area contributed by atoms with Crippen molar-refractivity contribution in [1.82, 2.24) is 10.3 Å². The Kier molecular flexibility index (Phi) is 3.03.